The van der Waals surface area contributed by atoms with Crippen LogP contribution in [0.4, 0.5) is 0 Å². The van der Waals surface area contributed by atoms with Gasteiger partial charge in [0.05, 0.1) is 6.61 Å². The summed E-state index contributed by atoms with van der Waals surface area (Å²) in [5, 5.41) is 0. The molecule has 0 saturated carbocycles. The van der Waals surface area contributed by atoms with Crippen LogP contribution in [0.15, 0.2) is 0 Å². The van der Waals surface area contributed by atoms with Crippen LogP contribution in [0.25, 0.3) is 0 Å². The molecule has 0 aromatic heterocycles. The summed E-state index contributed by atoms with van der Waals surface area (Å²) in [4.78, 5) is 12.3. The molecule has 4 nitrogen and oxygen atoms in total. The smallest absolute Gasteiger partial charge is 0.366 e. The van der Waals surface area contributed by atoms with Crippen molar-refractivity contribution in [2.75, 3.05) is 13.2 Å². The highest BCUT2D eigenvalue weighted by molar-refractivity contribution is 6.70. The molecule has 108 valence electrons. The molecule has 0 aliphatic rings. The Morgan fingerprint density at radius 3 is 1.83 bits per heavy atom. The lowest BCUT2D eigenvalue weighted by atomic mass is 9.85. The minimum Gasteiger partial charge on any atom is -0.462 e. The van der Waals surface area contributed by atoms with Crippen molar-refractivity contribution in [2.45, 2.75) is 60.0 Å². The van der Waals surface area contributed by atoms with Crippen LogP contribution in [0.1, 0.15) is 34.6 Å². The van der Waals surface area contributed by atoms with E-state index in [-0.39, 0.29) is 0 Å². The molecule has 1 atom stereocenters. The van der Waals surface area contributed by atoms with Crippen molar-refractivity contribution >= 4 is 14.3 Å². The molecule has 0 heterocycles. The number of hydrogen-bond acceptors (Lipinski definition) is 4. The second-order valence-corrected chi connectivity index (χ2v) is 10.7. The first-order valence-corrected chi connectivity index (χ1v) is 9.92. The van der Waals surface area contributed by atoms with E-state index in [9.17, 15) is 4.79 Å². The quantitative estimate of drug-likeness (QED) is 0.424. The maximum Gasteiger partial charge on any atom is 0.366 e. The molecule has 0 fully saturated rings. The van der Waals surface area contributed by atoms with Gasteiger partial charge in [-0.05, 0) is 33.5 Å². The van der Waals surface area contributed by atoms with Gasteiger partial charge in [-0.1, -0.05) is 20.8 Å². The zero-order valence-electron chi connectivity index (χ0n) is 13.0. The molecular formula is C13H28O4Si. The van der Waals surface area contributed by atoms with E-state index in [4.69, 9.17) is 13.9 Å². The highest BCUT2D eigenvalue weighted by Crippen LogP contribution is 2.38. The number of esters is 1. The Bertz CT molecular complexity index is 278. The molecule has 0 bridgehead atoms. The van der Waals surface area contributed by atoms with Crippen LogP contribution < -0.4 is 0 Å². The van der Waals surface area contributed by atoms with Gasteiger partial charge in [0, 0.05) is 12.0 Å². The Morgan fingerprint density at radius 2 is 1.56 bits per heavy atom. The van der Waals surface area contributed by atoms with Gasteiger partial charge in [-0.15, -0.1) is 0 Å². The first-order valence-electron chi connectivity index (χ1n) is 6.51. The van der Waals surface area contributed by atoms with E-state index >= 15 is 0 Å². The first-order chi connectivity index (χ1) is 8.00. The van der Waals surface area contributed by atoms with Crippen LogP contribution in [0, 0.1) is 5.41 Å². The minimum absolute atomic E-state index is 0.318. The monoisotopic (exact) mass is 276 g/mol. The fourth-order valence-corrected chi connectivity index (χ4v) is 2.98. The topological polar surface area (TPSA) is 44.8 Å². The molecule has 0 saturated heterocycles. The molecule has 0 aliphatic carbocycles. The van der Waals surface area contributed by atoms with Gasteiger partial charge in [-0.2, -0.15) is 0 Å². The second-order valence-electron chi connectivity index (χ2n) is 6.23. The van der Waals surface area contributed by atoms with Gasteiger partial charge >= 0.3 is 5.97 Å². The number of rotatable bonds is 6. The summed E-state index contributed by atoms with van der Waals surface area (Å²) in [5.74, 6) is -1.75. The van der Waals surface area contributed by atoms with E-state index in [0.717, 1.165) is 0 Å². The molecule has 0 N–H and O–H groups in total. The number of ether oxygens (including phenoxy) is 2. The number of hydrogen-bond donors (Lipinski definition) is 0. The zero-order chi connectivity index (χ0) is 14.6. The summed E-state index contributed by atoms with van der Waals surface area (Å²) in [6, 6.07) is 0. The van der Waals surface area contributed by atoms with Crippen molar-refractivity contribution in [3.8, 4) is 0 Å². The van der Waals surface area contributed by atoms with Crippen molar-refractivity contribution in [2.24, 2.45) is 5.41 Å². The average Bonchev–Trinajstić information content (AvgIpc) is 2.13. The highest BCUT2D eigenvalue weighted by atomic mass is 28.4. The van der Waals surface area contributed by atoms with Gasteiger partial charge in [0.25, 0.3) is 5.79 Å². The van der Waals surface area contributed by atoms with Crippen LogP contribution in [-0.4, -0.2) is 33.3 Å². The average molecular weight is 276 g/mol. The largest absolute Gasteiger partial charge is 0.462 e. The third kappa shape index (κ3) is 4.37. The molecule has 0 amide bonds. The first kappa shape index (κ1) is 17.6. The van der Waals surface area contributed by atoms with Gasteiger partial charge in [0.15, 0.2) is 8.32 Å². The Morgan fingerprint density at radius 1 is 1.06 bits per heavy atom. The van der Waals surface area contributed by atoms with Crippen molar-refractivity contribution in [3.05, 3.63) is 0 Å². The van der Waals surface area contributed by atoms with Gasteiger partial charge in [-0.25, -0.2) is 4.79 Å². The van der Waals surface area contributed by atoms with E-state index < -0.39 is 25.5 Å². The minimum atomic E-state index is -1.96. The standard InChI is InChI=1S/C13H28O4Si/c1-9-15-11(14)13(16-10-2,12(3,4)5)17-18(6,7)8/h9-10H2,1-8H3. The normalized spacial score (nSPS) is 16.2. The fourth-order valence-electron chi connectivity index (χ4n) is 1.67. The number of carbonyl (C=O) groups is 1. The van der Waals surface area contributed by atoms with Crippen LogP contribution >= 0.6 is 0 Å². The number of carbonyl (C=O) groups excluding carboxylic acids is 1. The Kier molecular flexibility index (Phi) is 6.03. The van der Waals surface area contributed by atoms with Crippen molar-refractivity contribution in [1.29, 1.82) is 0 Å². The van der Waals surface area contributed by atoms with Gasteiger partial charge < -0.3 is 13.9 Å². The maximum absolute atomic E-state index is 12.3. The summed E-state index contributed by atoms with van der Waals surface area (Å²) < 4.78 is 17.0. The van der Waals surface area contributed by atoms with Gasteiger partial charge in [0.2, 0.25) is 0 Å². The van der Waals surface area contributed by atoms with E-state index in [1.165, 1.54) is 0 Å². The van der Waals surface area contributed by atoms with E-state index in [1.54, 1.807) is 6.92 Å². The molecule has 18 heavy (non-hydrogen) atoms. The zero-order valence-corrected chi connectivity index (χ0v) is 14.0. The summed E-state index contributed by atoms with van der Waals surface area (Å²) in [6.45, 7) is 16.3. The maximum atomic E-state index is 12.3. The second kappa shape index (κ2) is 6.17. The summed E-state index contributed by atoms with van der Waals surface area (Å²) in [5.41, 5.74) is -0.491. The lowest BCUT2D eigenvalue weighted by Crippen LogP contribution is -2.59. The third-order valence-corrected chi connectivity index (χ3v) is 3.23. The lowest BCUT2D eigenvalue weighted by Gasteiger charge is -2.44. The summed E-state index contributed by atoms with van der Waals surface area (Å²) >= 11 is 0. The predicted octanol–water partition coefficient (Wildman–Crippen LogP) is 3.18. The van der Waals surface area contributed by atoms with Crippen molar-refractivity contribution < 1.29 is 18.7 Å². The van der Waals surface area contributed by atoms with Crippen LogP contribution in [0.3, 0.4) is 0 Å². The van der Waals surface area contributed by atoms with Crippen LogP contribution in [0.5, 0.6) is 0 Å². The summed E-state index contributed by atoms with van der Waals surface area (Å²) in [7, 11) is -1.96. The lowest BCUT2D eigenvalue weighted by molar-refractivity contribution is -0.254. The molecule has 0 aromatic rings. The molecule has 0 radical (unpaired) electrons. The predicted molar refractivity (Wildman–Crippen MR) is 74.9 cm³/mol. The Labute approximate surface area is 112 Å². The molecule has 1 unspecified atom stereocenters. The summed E-state index contributed by atoms with van der Waals surface area (Å²) in [6.07, 6.45) is 0. The van der Waals surface area contributed by atoms with Gasteiger partial charge in [0.1, 0.15) is 0 Å². The highest BCUT2D eigenvalue weighted by Gasteiger charge is 2.54. The molecular weight excluding hydrogens is 248 g/mol. The molecule has 0 rings (SSSR count). The Hall–Kier alpha value is -0.393. The molecule has 0 spiro atoms. The fraction of sp³-hybridized carbons (Fsp3) is 0.923. The van der Waals surface area contributed by atoms with E-state index in [0.29, 0.717) is 13.2 Å². The third-order valence-electron chi connectivity index (χ3n) is 2.33. The van der Waals surface area contributed by atoms with Crippen molar-refractivity contribution in [1.82, 2.24) is 0 Å². The van der Waals surface area contributed by atoms with Crippen molar-refractivity contribution in [3.63, 3.8) is 0 Å². The SMILES string of the molecule is CCOC(=O)C(OCC)(O[Si](C)(C)C)C(C)(C)C. The van der Waals surface area contributed by atoms with Crippen LogP contribution in [0.2, 0.25) is 19.6 Å². The van der Waals surface area contributed by atoms with Crippen LogP contribution in [-0.2, 0) is 18.7 Å². The molecule has 0 aliphatic heterocycles. The van der Waals surface area contributed by atoms with E-state index in [2.05, 4.69) is 0 Å². The Balaban J connectivity index is 5.50. The van der Waals surface area contributed by atoms with E-state index in [1.807, 2.05) is 47.3 Å². The molecule has 5 heteroatoms. The molecule has 0 aromatic carbocycles. The van der Waals surface area contributed by atoms with Gasteiger partial charge in [-0.3, -0.25) is 0 Å².